The van der Waals surface area contributed by atoms with Crippen molar-refractivity contribution in [2.24, 2.45) is 5.73 Å². The third-order valence-electron chi connectivity index (χ3n) is 2.52. The third kappa shape index (κ3) is 2.93. The van der Waals surface area contributed by atoms with Gasteiger partial charge in [0.05, 0.1) is 5.02 Å². The molecule has 4 nitrogen and oxygen atoms in total. The average Bonchev–Trinajstić information content (AvgIpc) is 2.33. The lowest BCUT2D eigenvalue weighted by molar-refractivity contribution is 0.720. The van der Waals surface area contributed by atoms with Gasteiger partial charge in [-0.25, -0.2) is 4.98 Å². The van der Waals surface area contributed by atoms with E-state index < -0.39 is 0 Å². The summed E-state index contributed by atoms with van der Waals surface area (Å²) in [5.74, 6) is 0.427. The van der Waals surface area contributed by atoms with Crippen molar-refractivity contribution in [2.75, 3.05) is 5.73 Å². The van der Waals surface area contributed by atoms with Crippen LogP contribution in [-0.2, 0) is 6.42 Å². The van der Waals surface area contributed by atoms with E-state index >= 15 is 0 Å². The van der Waals surface area contributed by atoms with Crippen molar-refractivity contribution in [3.8, 4) is 0 Å². The smallest absolute Gasteiger partial charge is 0.128 e. The topological polar surface area (TPSA) is 77.8 Å². The summed E-state index contributed by atoms with van der Waals surface area (Å²) in [5.41, 5.74) is 13.8. The van der Waals surface area contributed by atoms with Gasteiger partial charge in [-0.3, -0.25) is 4.98 Å². The molecule has 17 heavy (non-hydrogen) atoms. The van der Waals surface area contributed by atoms with Crippen molar-refractivity contribution in [3.63, 3.8) is 0 Å². The molecule has 2 aromatic heterocycles. The number of halogens is 1. The van der Waals surface area contributed by atoms with Crippen LogP contribution in [0.1, 0.15) is 17.2 Å². The highest BCUT2D eigenvalue weighted by Gasteiger charge is 2.12. The van der Waals surface area contributed by atoms with Crippen LogP contribution in [0.2, 0.25) is 5.02 Å². The van der Waals surface area contributed by atoms with E-state index in [4.69, 9.17) is 23.1 Å². The predicted molar refractivity (Wildman–Crippen MR) is 68.5 cm³/mol. The van der Waals surface area contributed by atoms with Crippen LogP contribution in [0.5, 0.6) is 0 Å². The molecule has 2 rings (SSSR count). The van der Waals surface area contributed by atoms with Crippen LogP contribution in [0.4, 0.5) is 5.82 Å². The summed E-state index contributed by atoms with van der Waals surface area (Å²) in [7, 11) is 0. The Morgan fingerprint density at radius 3 is 2.71 bits per heavy atom. The lowest BCUT2D eigenvalue weighted by Crippen LogP contribution is -2.16. The van der Waals surface area contributed by atoms with Crippen LogP contribution in [0, 0.1) is 0 Å². The number of pyridine rings is 2. The first-order valence-electron chi connectivity index (χ1n) is 5.22. The van der Waals surface area contributed by atoms with Gasteiger partial charge >= 0.3 is 0 Å². The minimum atomic E-state index is -0.219. The predicted octanol–water partition coefficient (Wildman–Crippen LogP) is 1.95. The van der Waals surface area contributed by atoms with Crippen molar-refractivity contribution in [1.82, 2.24) is 9.97 Å². The third-order valence-corrected chi connectivity index (χ3v) is 2.73. The van der Waals surface area contributed by atoms with E-state index in [9.17, 15) is 0 Å². The molecule has 0 saturated heterocycles. The van der Waals surface area contributed by atoms with Crippen LogP contribution in [0.3, 0.4) is 0 Å². The molecule has 2 aromatic rings. The van der Waals surface area contributed by atoms with Crippen LogP contribution in [-0.4, -0.2) is 9.97 Å². The first kappa shape index (κ1) is 11.8. The first-order valence-corrected chi connectivity index (χ1v) is 5.60. The number of anilines is 1. The van der Waals surface area contributed by atoms with E-state index in [-0.39, 0.29) is 6.04 Å². The van der Waals surface area contributed by atoms with Crippen molar-refractivity contribution in [2.45, 2.75) is 12.5 Å². The Hall–Kier alpha value is -1.65. The molecule has 0 radical (unpaired) electrons. The van der Waals surface area contributed by atoms with Gasteiger partial charge < -0.3 is 11.5 Å². The van der Waals surface area contributed by atoms with Crippen LogP contribution in [0.25, 0.3) is 0 Å². The molecule has 5 heteroatoms. The van der Waals surface area contributed by atoms with Gasteiger partial charge in [-0.15, -0.1) is 0 Å². The highest BCUT2D eigenvalue weighted by atomic mass is 35.5. The Morgan fingerprint density at radius 1 is 1.29 bits per heavy atom. The number of nitrogens with two attached hydrogens (primary N) is 2. The summed E-state index contributed by atoms with van der Waals surface area (Å²) in [4.78, 5) is 7.95. The Labute approximate surface area is 105 Å². The number of nitrogens with zero attached hydrogens (tertiary/aromatic N) is 2. The molecule has 88 valence electrons. The number of aromatic nitrogens is 2. The first-order chi connectivity index (χ1) is 8.16. The van der Waals surface area contributed by atoms with Gasteiger partial charge in [-0.2, -0.15) is 0 Å². The Kier molecular flexibility index (Phi) is 3.56. The molecular weight excluding hydrogens is 236 g/mol. The molecule has 0 amide bonds. The van der Waals surface area contributed by atoms with Crippen molar-refractivity contribution in [3.05, 3.63) is 52.9 Å². The number of nitrogen functional groups attached to an aromatic ring is 1. The molecular formula is C12H13ClN4. The molecule has 0 spiro atoms. The zero-order valence-electron chi connectivity index (χ0n) is 9.18. The molecule has 4 N–H and O–H groups in total. The molecule has 0 aliphatic rings. The van der Waals surface area contributed by atoms with Gasteiger partial charge in [-0.05, 0) is 30.2 Å². The number of hydrogen-bond donors (Lipinski definition) is 2. The van der Waals surface area contributed by atoms with Crippen molar-refractivity contribution < 1.29 is 0 Å². The molecule has 1 unspecified atom stereocenters. The van der Waals surface area contributed by atoms with E-state index in [1.165, 1.54) is 6.20 Å². The fourth-order valence-corrected chi connectivity index (χ4v) is 1.81. The number of hydrogen-bond acceptors (Lipinski definition) is 4. The van der Waals surface area contributed by atoms with Gasteiger partial charge in [-0.1, -0.05) is 11.6 Å². The Bertz CT molecular complexity index is 501. The maximum absolute atomic E-state index is 6.10. The summed E-state index contributed by atoms with van der Waals surface area (Å²) in [6, 6.07) is 5.39. The average molecular weight is 249 g/mol. The van der Waals surface area contributed by atoms with E-state index in [2.05, 4.69) is 9.97 Å². The zero-order chi connectivity index (χ0) is 12.3. The lowest BCUT2D eigenvalue weighted by atomic mass is 10.0. The molecule has 0 saturated carbocycles. The Balaban J connectivity index is 2.20. The SMILES string of the molecule is Nc1ncc(Cl)cc1C(N)Cc1ccncc1. The second-order valence-corrected chi connectivity index (χ2v) is 4.23. The second kappa shape index (κ2) is 5.12. The molecule has 0 bridgehead atoms. The minimum Gasteiger partial charge on any atom is -0.383 e. The quantitative estimate of drug-likeness (QED) is 0.870. The van der Waals surface area contributed by atoms with E-state index in [1.54, 1.807) is 18.5 Å². The molecule has 1 atom stereocenters. The summed E-state index contributed by atoms with van der Waals surface area (Å²) in [6.07, 6.45) is 5.66. The fraction of sp³-hybridized carbons (Fsp3) is 0.167. The van der Waals surface area contributed by atoms with E-state index in [0.717, 1.165) is 11.1 Å². The monoisotopic (exact) mass is 248 g/mol. The zero-order valence-corrected chi connectivity index (χ0v) is 9.93. The largest absolute Gasteiger partial charge is 0.383 e. The summed E-state index contributed by atoms with van der Waals surface area (Å²) >= 11 is 5.88. The second-order valence-electron chi connectivity index (χ2n) is 3.79. The van der Waals surface area contributed by atoms with Crippen LogP contribution in [0.15, 0.2) is 36.8 Å². The van der Waals surface area contributed by atoms with Gasteiger partial charge in [0, 0.05) is 30.2 Å². The molecule has 2 heterocycles. The molecule has 0 aliphatic carbocycles. The highest BCUT2D eigenvalue weighted by molar-refractivity contribution is 6.30. The summed E-state index contributed by atoms with van der Waals surface area (Å²) in [6.45, 7) is 0. The van der Waals surface area contributed by atoms with Gasteiger partial charge in [0.2, 0.25) is 0 Å². The fourth-order valence-electron chi connectivity index (χ4n) is 1.65. The maximum Gasteiger partial charge on any atom is 0.128 e. The standard InChI is InChI=1S/C12H13ClN4/c13-9-6-10(12(15)17-7-9)11(14)5-8-1-3-16-4-2-8/h1-4,6-7,11H,5,14H2,(H2,15,17). The van der Waals surface area contributed by atoms with Crippen molar-refractivity contribution in [1.29, 1.82) is 0 Å². The van der Waals surface area contributed by atoms with Gasteiger partial charge in [0.15, 0.2) is 0 Å². The van der Waals surface area contributed by atoms with Crippen LogP contribution >= 0.6 is 11.6 Å². The maximum atomic E-state index is 6.10. The van der Waals surface area contributed by atoms with Crippen molar-refractivity contribution >= 4 is 17.4 Å². The summed E-state index contributed by atoms with van der Waals surface area (Å²) in [5, 5.41) is 0.541. The van der Waals surface area contributed by atoms with Crippen LogP contribution < -0.4 is 11.5 Å². The Morgan fingerprint density at radius 2 is 2.00 bits per heavy atom. The number of rotatable bonds is 3. The van der Waals surface area contributed by atoms with E-state index in [0.29, 0.717) is 17.3 Å². The molecule has 0 aromatic carbocycles. The molecule has 0 aliphatic heterocycles. The summed E-state index contributed by atoms with van der Waals surface area (Å²) < 4.78 is 0. The van der Waals surface area contributed by atoms with Gasteiger partial charge in [0.25, 0.3) is 0 Å². The lowest BCUT2D eigenvalue weighted by Gasteiger charge is -2.14. The van der Waals surface area contributed by atoms with E-state index in [1.807, 2.05) is 12.1 Å². The minimum absolute atomic E-state index is 0.219. The normalized spacial score (nSPS) is 12.4. The van der Waals surface area contributed by atoms with Gasteiger partial charge in [0.1, 0.15) is 5.82 Å². The highest BCUT2D eigenvalue weighted by Crippen LogP contribution is 2.23. The molecule has 0 fully saturated rings.